The van der Waals surface area contributed by atoms with Crippen LogP contribution in [0.15, 0.2) is 24.3 Å². The largest absolute Gasteiger partial charge is 0.479 e. The Balaban J connectivity index is 2.73. The zero-order valence-corrected chi connectivity index (χ0v) is 16.2. The smallest absolute Gasteiger partial charge is 0.347 e. The van der Waals surface area contributed by atoms with Crippen molar-refractivity contribution in [3.8, 4) is 5.75 Å². The van der Waals surface area contributed by atoms with Crippen LogP contribution in [0, 0.1) is 0 Å². The minimum atomic E-state index is -0.818. The van der Waals surface area contributed by atoms with Crippen LogP contribution in [0.1, 0.15) is 25.3 Å². The number of ether oxygens (including phenoxy) is 3. The van der Waals surface area contributed by atoms with Crippen molar-refractivity contribution < 1.29 is 28.9 Å². The fraction of sp³-hybridized carbons (Fsp3) is 0.579. The molecule has 1 amide bonds. The third-order valence-electron chi connectivity index (χ3n) is 4.18. The van der Waals surface area contributed by atoms with Crippen LogP contribution in [0.25, 0.3) is 0 Å². The van der Waals surface area contributed by atoms with Gasteiger partial charge < -0.3 is 24.6 Å². The molecule has 1 aromatic rings. The molecule has 0 fully saturated rings. The molecule has 1 rings (SSSR count). The van der Waals surface area contributed by atoms with E-state index >= 15 is 0 Å². The Kier molecular flexibility index (Phi) is 11.1. The van der Waals surface area contributed by atoms with E-state index in [0.717, 1.165) is 12.1 Å². The summed E-state index contributed by atoms with van der Waals surface area (Å²) in [6, 6.07) is 7.41. The van der Waals surface area contributed by atoms with Gasteiger partial charge in [0, 0.05) is 26.7 Å². The van der Waals surface area contributed by atoms with Crippen LogP contribution in [0.3, 0.4) is 0 Å². The van der Waals surface area contributed by atoms with E-state index in [9.17, 15) is 9.59 Å². The van der Waals surface area contributed by atoms with E-state index in [1.807, 2.05) is 19.1 Å². The maximum absolute atomic E-state index is 12.0. The molecule has 2 unspecified atom stereocenters. The van der Waals surface area contributed by atoms with Crippen molar-refractivity contribution in [3.63, 3.8) is 0 Å². The number of aliphatic hydroxyl groups excluding tert-OH is 1. The normalized spacial score (nSPS) is 13.1. The molecule has 8 heteroatoms. The predicted octanol–water partition coefficient (Wildman–Crippen LogP) is 0.920. The number of rotatable bonds is 14. The summed E-state index contributed by atoms with van der Waals surface area (Å²) in [5.74, 6) is 0.0539. The number of hydrogen-bond donors (Lipinski definition) is 2. The number of aliphatic hydroxyl groups is 1. The van der Waals surface area contributed by atoms with Gasteiger partial charge in [0.15, 0.2) is 6.10 Å². The second kappa shape index (κ2) is 13.1. The van der Waals surface area contributed by atoms with Crippen molar-refractivity contribution in [2.24, 2.45) is 0 Å². The van der Waals surface area contributed by atoms with Gasteiger partial charge in [-0.2, -0.15) is 0 Å². The summed E-state index contributed by atoms with van der Waals surface area (Å²) in [5.41, 5.74) is 1.06. The number of carbonyl (C=O) groups excluding carboxylic acids is 2. The summed E-state index contributed by atoms with van der Waals surface area (Å²) >= 11 is 0. The Morgan fingerprint density at radius 3 is 2.52 bits per heavy atom. The van der Waals surface area contributed by atoms with Gasteiger partial charge in [0.25, 0.3) is 0 Å². The molecule has 2 N–H and O–H groups in total. The van der Waals surface area contributed by atoms with E-state index in [-0.39, 0.29) is 19.1 Å². The van der Waals surface area contributed by atoms with Crippen LogP contribution in [0.5, 0.6) is 5.75 Å². The number of carbonyl (C=O) groups is 2. The molecular weight excluding hydrogens is 352 g/mol. The van der Waals surface area contributed by atoms with Gasteiger partial charge in [-0.15, -0.1) is 0 Å². The number of amides is 1. The van der Waals surface area contributed by atoms with Crippen molar-refractivity contribution in [1.29, 1.82) is 0 Å². The molecule has 0 aliphatic carbocycles. The van der Waals surface area contributed by atoms with Gasteiger partial charge in [0.05, 0.1) is 19.9 Å². The molecule has 0 aromatic heterocycles. The number of esters is 1. The highest BCUT2D eigenvalue weighted by Crippen LogP contribution is 2.19. The van der Waals surface area contributed by atoms with Gasteiger partial charge >= 0.3 is 5.97 Å². The monoisotopic (exact) mass is 382 g/mol. The first-order valence-corrected chi connectivity index (χ1v) is 8.94. The average Bonchev–Trinajstić information content (AvgIpc) is 2.70. The van der Waals surface area contributed by atoms with Gasteiger partial charge in [-0.25, -0.2) is 4.79 Å². The zero-order valence-electron chi connectivity index (χ0n) is 16.2. The molecule has 2 atom stereocenters. The van der Waals surface area contributed by atoms with E-state index < -0.39 is 12.1 Å². The molecule has 0 bridgehead atoms. The molecule has 27 heavy (non-hydrogen) atoms. The molecule has 8 nitrogen and oxygen atoms in total. The Bertz CT molecular complexity index is 552. The van der Waals surface area contributed by atoms with Crippen molar-refractivity contribution in [2.75, 3.05) is 34.0 Å². The standard InChI is InChI=1S/C19H30N2O6/c1-4-21(13-20-14-23)12-15-5-7-16(8-6-15)27-18(19(24)26-3)11-17(25-2)9-10-22/h5-8,14,17-18,22H,4,9-13H2,1-3H3,(H,20,23). The van der Waals surface area contributed by atoms with Gasteiger partial charge in [-0.3, -0.25) is 9.69 Å². The number of nitrogens with one attached hydrogen (secondary N) is 1. The first-order chi connectivity index (χ1) is 13.1. The van der Waals surface area contributed by atoms with Crippen molar-refractivity contribution >= 4 is 12.4 Å². The van der Waals surface area contributed by atoms with Crippen LogP contribution in [-0.2, 0) is 25.6 Å². The van der Waals surface area contributed by atoms with Crippen molar-refractivity contribution in [2.45, 2.75) is 38.5 Å². The lowest BCUT2D eigenvalue weighted by Gasteiger charge is -2.22. The Labute approximate surface area is 160 Å². The molecule has 0 aliphatic heterocycles. The lowest BCUT2D eigenvalue weighted by molar-refractivity contribution is -0.150. The first-order valence-electron chi connectivity index (χ1n) is 8.94. The minimum Gasteiger partial charge on any atom is -0.479 e. The summed E-state index contributed by atoms with van der Waals surface area (Å²) in [6.07, 6.45) is 0.250. The van der Waals surface area contributed by atoms with E-state index in [1.165, 1.54) is 14.2 Å². The van der Waals surface area contributed by atoms with Crippen LogP contribution in [-0.4, -0.2) is 68.6 Å². The fourth-order valence-corrected chi connectivity index (χ4v) is 2.58. The summed E-state index contributed by atoms with van der Waals surface area (Å²) in [5, 5.41) is 11.7. The Morgan fingerprint density at radius 2 is 2.00 bits per heavy atom. The fourth-order valence-electron chi connectivity index (χ4n) is 2.58. The second-order valence-electron chi connectivity index (χ2n) is 6.00. The van der Waals surface area contributed by atoms with E-state index in [0.29, 0.717) is 31.8 Å². The summed E-state index contributed by atoms with van der Waals surface area (Å²) in [6.45, 7) is 3.94. The highest BCUT2D eigenvalue weighted by Gasteiger charge is 2.25. The maximum Gasteiger partial charge on any atom is 0.347 e. The molecular formula is C19H30N2O6. The van der Waals surface area contributed by atoms with Gasteiger partial charge in [-0.1, -0.05) is 19.1 Å². The molecule has 0 heterocycles. The average molecular weight is 382 g/mol. The third-order valence-corrected chi connectivity index (χ3v) is 4.18. The van der Waals surface area contributed by atoms with E-state index in [1.54, 1.807) is 12.1 Å². The molecule has 0 saturated carbocycles. The quantitative estimate of drug-likeness (QED) is 0.280. The van der Waals surface area contributed by atoms with E-state index in [4.69, 9.17) is 19.3 Å². The predicted molar refractivity (Wildman–Crippen MR) is 100 cm³/mol. The van der Waals surface area contributed by atoms with Crippen LogP contribution < -0.4 is 10.1 Å². The number of methoxy groups -OCH3 is 2. The first kappa shape index (κ1) is 22.9. The van der Waals surface area contributed by atoms with Crippen molar-refractivity contribution in [1.82, 2.24) is 10.2 Å². The zero-order chi connectivity index (χ0) is 20.1. The number of benzene rings is 1. The number of nitrogens with zero attached hydrogens (tertiary/aromatic N) is 1. The molecule has 1 aromatic carbocycles. The van der Waals surface area contributed by atoms with Gasteiger partial charge in [-0.05, 0) is 30.7 Å². The molecule has 0 saturated heterocycles. The summed E-state index contributed by atoms with van der Waals surface area (Å²) < 4.78 is 15.9. The minimum absolute atomic E-state index is 0.0337. The van der Waals surface area contributed by atoms with Crippen molar-refractivity contribution in [3.05, 3.63) is 29.8 Å². The Morgan fingerprint density at radius 1 is 1.30 bits per heavy atom. The van der Waals surface area contributed by atoms with E-state index in [2.05, 4.69) is 10.2 Å². The van der Waals surface area contributed by atoms with Gasteiger partial charge in [0.1, 0.15) is 5.75 Å². The number of hydrogen-bond acceptors (Lipinski definition) is 7. The second-order valence-corrected chi connectivity index (χ2v) is 6.00. The summed E-state index contributed by atoms with van der Waals surface area (Å²) in [4.78, 5) is 24.5. The third kappa shape index (κ3) is 8.38. The molecule has 0 aliphatic rings. The highest BCUT2D eigenvalue weighted by atomic mass is 16.6. The molecule has 0 radical (unpaired) electrons. The Hall–Kier alpha value is -2.16. The maximum atomic E-state index is 12.0. The summed E-state index contributed by atoms with van der Waals surface area (Å²) in [7, 11) is 2.84. The van der Waals surface area contributed by atoms with Gasteiger partial charge in [0.2, 0.25) is 6.41 Å². The van der Waals surface area contributed by atoms with Crippen LogP contribution in [0.4, 0.5) is 0 Å². The van der Waals surface area contributed by atoms with Crippen LogP contribution >= 0.6 is 0 Å². The molecule has 0 spiro atoms. The SMILES string of the molecule is CCN(CNC=O)Cc1ccc(OC(CC(CCO)OC)C(=O)OC)cc1. The van der Waals surface area contributed by atoms with Crippen LogP contribution in [0.2, 0.25) is 0 Å². The topological polar surface area (TPSA) is 97.3 Å². The highest BCUT2D eigenvalue weighted by molar-refractivity contribution is 5.75. The lowest BCUT2D eigenvalue weighted by atomic mass is 10.1. The lowest BCUT2D eigenvalue weighted by Crippen LogP contribution is -2.33. The molecule has 152 valence electrons.